The standard InChI is InChI=1S/C23H33N3O3.C19H26N2O2/c1-22(2,3)21-24-18-12-17(20(27)26-14-23(4,28)15-29-26)10-11-19(18)25(21)13-16-8-6-5-7-9-16;1-19(2,3)18-20-15-11-14(17(22)23)9-10-16(15)21(18)12-13-7-5-4-6-8-13/h10-12,16,28H,5-9,13-15H2,1-4H3;9-11,13H,4-8,12H2,1-3H3,(H,22,23)/t23-;/m1./s1. The van der Waals surface area contributed by atoms with Crippen molar-refractivity contribution < 1.29 is 24.6 Å². The summed E-state index contributed by atoms with van der Waals surface area (Å²) < 4.78 is 4.70. The Balaban J connectivity index is 0.000000183. The maximum atomic E-state index is 12.8. The fourth-order valence-corrected chi connectivity index (χ4v) is 8.19. The molecule has 1 amide bonds. The van der Waals surface area contributed by atoms with Gasteiger partial charge in [0.2, 0.25) is 0 Å². The zero-order valence-electron chi connectivity index (χ0n) is 32.4. The molecule has 10 heteroatoms. The van der Waals surface area contributed by atoms with Gasteiger partial charge < -0.3 is 19.3 Å². The number of hydroxylamine groups is 2. The van der Waals surface area contributed by atoms with E-state index < -0.39 is 11.6 Å². The van der Waals surface area contributed by atoms with Crippen molar-refractivity contribution in [2.24, 2.45) is 11.8 Å². The molecule has 282 valence electrons. The number of nitrogens with zero attached hydrogens (tertiary/aromatic N) is 5. The monoisotopic (exact) mass is 713 g/mol. The molecule has 7 rings (SSSR count). The summed E-state index contributed by atoms with van der Waals surface area (Å²) >= 11 is 0. The quantitative estimate of drug-likeness (QED) is 0.205. The number of amides is 1. The minimum Gasteiger partial charge on any atom is -0.478 e. The number of β-amino-alcohol motifs (C(OH)–C–C–N with tert-alkyl or cyclic N) is 1. The number of fused-ring (bicyclic) bond motifs is 2. The summed E-state index contributed by atoms with van der Waals surface area (Å²) in [7, 11) is 0. The number of rotatable bonds is 6. The van der Waals surface area contributed by atoms with Crippen molar-refractivity contribution in [3.05, 3.63) is 59.2 Å². The summed E-state index contributed by atoms with van der Waals surface area (Å²) in [4.78, 5) is 39.2. The molecule has 1 saturated heterocycles. The van der Waals surface area contributed by atoms with Gasteiger partial charge in [-0.3, -0.25) is 9.63 Å². The molecule has 3 heterocycles. The van der Waals surface area contributed by atoms with E-state index in [0.29, 0.717) is 23.0 Å². The van der Waals surface area contributed by atoms with Gasteiger partial charge in [-0.05, 0) is 80.8 Å². The number of benzene rings is 2. The van der Waals surface area contributed by atoms with Crippen LogP contribution in [0.3, 0.4) is 0 Å². The third-order valence-corrected chi connectivity index (χ3v) is 10.9. The van der Waals surface area contributed by atoms with Crippen molar-refractivity contribution >= 4 is 33.9 Å². The fourth-order valence-electron chi connectivity index (χ4n) is 8.19. The topological polar surface area (TPSA) is 123 Å². The largest absolute Gasteiger partial charge is 0.478 e. The van der Waals surface area contributed by atoms with E-state index in [1.807, 2.05) is 24.3 Å². The lowest BCUT2D eigenvalue weighted by Crippen LogP contribution is -2.34. The van der Waals surface area contributed by atoms with Crippen LogP contribution in [0.15, 0.2) is 36.4 Å². The van der Waals surface area contributed by atoms with Crippen LogP contribution in [0, 0.1) is 11.8 Å². The Hall–Kier alpha value is -3.76. The highest BCUT2D eigenvalue weighted by atomic mass is 16.7. The summed E-state index contributed by atoms with van der Waals surface area (Å²) in [5, 5.41) is 20.5. The number of hydrogen-bond donors (Lipinski definition) is 2. The van der Waals surface area contributed by atoms with Crippen molar-refractivity contribution in [1.29, 1.82) is 0 Å². The van der Waals surface area contributed by atoms with E-state index in [1.54, 1.807) is 19.1 Å². The summed E-state index contributed by atoms with van der Waals surface area (Å²) in [5.74, 6) is 2.41. The Morgan fingerprint density at radius 3 is 1.60 bits per heavy atom. The highest BCUT2D eigenvalue weighted by molar-refractivity contribution is 5.97. The summed E-state index contributed by atoms with van der Waals surface area (Å²) in [6.45, 7) is 17.1. The molecule has 0 spiro atoms. The molecular formula is C42H59N5O5. The van der Waals surface area contributed by atoms with Crippen LogP contribution in [0.1, 0.15) is 145 Å². The Morgan fingerprint density at radius 1 is 0.750 bits per heavy atom. The molecule has 52 heavy (non-hydrogen) atoms. The van der Waals surface area contributed by atoms with E-state index in [2.05, 4.69) is 50.7 Å². The molecule has 0 bridgehead atoms. The van der Waals surface area contributed by atoms with Gasteiger partial charge in [0.1, 0.15) is 23.9 Å². The minimum atomic E-state index is -0.999. The highest BCUT2D eigenvalue weighted by Crippen LogP contribution is 2.34. The molecule has 0 unspecified atom stereocenters. The second kappa shape index (κ2) is 14.9. The Morgan fingerprint density at radius 2 is 1.19 bits per heavy atom. The number of carbonyl (C=O) groups excluding carboxylic acids is 1. The normalized spacial score (nSPS) is 20.7. The van der Waals surface area contributed by atoms with Gasteiger partial charge in [-0.15, -0.1) is 0 Å². The van der Waals surface area contributed by atoms with Gasteiger partial charge in [-0.25, -0.2) is 19.8 Å². The first kappa shape index (κ1) is 38.0. The predicted octanol–water partition coefficient (Wildman–Crippen LogP) is 8.66. The number of aliphatic hydroxyl groups is 1. The van der Waals surface area contributed by atoms with Gasteiger partial charge in [0.25, 0.3) is 5.91 Å². The van der Waals surface area contributed by atoms with E-state index in [9.17, 15) is 19.8 Å². The molecule has 10 nitrogen and oxygen atoms in total. The van der Waals surface area contributed by atoms with E-state index in [1.165, 1.54) is 69.3 Å². The number of aromatic carboxylic acids is 1. The van der Waals surface area contributed by atoms with Crippen molar-refractivity contribution in [1.82, 2.24) is 24.2 Å². The number of imidazole rings is 2. The van der Waals surface area contributed by atoms with E-state index in [-0.39, 0.29) is 29.9 Å². The number of carboxylic acid groups (broad SMARTS) is 1. The van der Waals surface area contributed by atoms with Crippen LogP contribution in [-0.4, -0.2) is 65.0 Å². The van der Waals surface area contributed by atoms with Crippen molar-refractivity contribution in [2.75, 3.05) is 13.2 Å². The van der Waals surface area contributed by atoms with Crippen molar-refractivity contribution in [3.63, 3.8) is 0 Å². The average molecular weight is 714 g/mol. The molecule has 1 aliphatic heterocycles. The fraction of sp³-hybridized carbons (Fsp3) is 0.619. The molecule has 2 aliphatic carbocycles. The van der Waals surface area contributed by atoms with Crippen LogP contribution in [-0.2, 0) is 28.8 Å². The Bertz CT molecular complexity index is 1900. The lowest BCUT2D eigenvalue weighted by atomic mass is 9.88. The summed E-state index contributed by atoms with van der Waals surface area (Å²) in [6.07, 6.45) is 13.1. The van der Waals surface area contributed by atoms with Crippen molar-refractivity contribution in [2.45, 2.75) is 142 Å². The van der Waals surface area contributed by atoms with Gasteiger partial charge in [0.15, 0.2) is 0 Å². The van der Waals surface area contributed by atoms with Crippen molar-refractivity contribution in [3.8, 4) is 0 Å². The number of carboxylic acids is 1. The maximum Gasteiger partial charge on any atom is 0.335 e. The number of hydrogen-bond acceptors (Lipinski definition) is 6. The van der Waals surface area contributed by atoms with Gasteiger partial charge >= 0.3 is 5.97 Å². The van der Waals surface area contributed by atoms with Crippen LogP contribution in [0.25, 0.3) is 22.1 Å². The first-order valence-corrected chi connectivity index (χ1v) is 19.4. The smallest absolute Gasteiger partial charge is 0.335 e. The third kappa shape index (κ3) is 8.54. The van der Waals surface area contributed by atoms with E-state index >= 15 is 0 Å². The molecule has 2 N–H and O–H groups in total. The van der Waals surface area contributed by atoms with Gasteiger partial charge in [-0.1, -0.05) is 80.1 Å². The third-order valence-electron chi connectivity index (χ3n) is 10.9. The van der Waals surface area contributed by atoms with Crippen LogP contribution in [0.2, 0.25) is 0 Å². The molecule has 2 saturated carbocycles. The van der Waals surface area contributed by atoms with Gasteiger partial charge in [0.05, 0.1) is 34.2 Å². The van der Waals surface area contributed by atoms with Gasteiger partial charge in [0, 0.05) is 29.5 Å². The Labute approximate surface area is 308 Å². The van der Waals surface area contributed by atoms with E-state index in [4.69, 9.17) is 14.8 Å². The minimum absolute atomic E-state index is 0.0585. The van der Waals surface area contributed by atoms with Crippen LogP contribution in [0.5, 0.6) is 0 Å². The predicted molar refractivity (Wildman–Crippen MR) is 205 cm³/mol. The zero-order valence-corrected chi connectivity index (χ0v) is 32.4. The molecule has 1 atom stereocenters. The van der Waals surface area contributed by atoms with E-state index in [0.717, 1.165) is 46.8 Å². The second-order valence-corrected chi connectivity index (χ2v) is 17.9. The molecule has 0 radical (unpaired) electrons. The van der Waals surface area contributed by atoms with Crippen LogP contribution >= 0.6 is 0 Å². The number of aromatic nitrogens is 4. The molecule has 3 fully saturated rings. The lowest BCUT2D eigenvalue weighted by Gasteiger charge is -2.26. The second-order valence-electron chi connectivity index (χ2n) is 17.9. The van der Waals surface area contributed by atoms with Gasteiger partial charge in [-0.2, -0.15) is 0 Å². The Kier molecular flexibility index (Phi) is 10.9. The molecule has 3 aliphatic rings. The maximum absolute atomic E-state index is 12.8. The molecule has 2 aromatic heterocycles. The summed E-state index contributed by atoms with van der Waals surface area (Å²) in [6, 6.07) is 11.0. The first-order valence-electron chi connectivity index (χ1n) is 19.4. The molecule has 4 aromatic rings. The molecular weight excluding hydrogens is 654 g/mol. The molecule has 2 aromatic carbocycles. The SMILES string of the molecule is CC(C)(C)c1nc2cc(C(=O)N3C[C@@](C)(O)CO3)ccc2n1CC1CCCCC1.CC(C)(C)c1nc2cc(C(=O)O)ccc2n1CC1CCCCC1. The highest BCUT2D eigenvalue weighted by Gasteiger charge is 2.36. The van der Waals surface area contributed by atoms with Crippen LogP contribution in [0.4, 0.5) is 0 Å². The summed E-state index contributed by atoms with van der Waals surface area (Å²) in [5.41, 5.74) is 3.51. The lowest BCUT2D eigenvalue weighted by molar-refractivity contribution is -0.0797. The first-order chi connectivity index (χ1) is 24.5. The van der Waals surface area contributed by atoms with Crippen LogP contribution < -0.4 is 0 Å². The average Bonchev–Trinajstić information content (AvgIpc) is 3.77. The zero-order chi connectivity index (χ0) is 37.4. The number of carbonyl (C=O) groups is 2.